The smallest absolute Gasteiger partial charge is 0.227 e. The summed E-state index contributed by atoms with van der Waals surface area (Å²) in [6, 6.07) is 14.4. The number of aromatic nitrogens is 1. The van der Waals surface area contributed by atoms with E-state index in [0.29, 0.717) is 31.9 Å². The summed E-state index contributed by atoms with van der Waals surface area (Å²) in [5, 5.41) is 0. The molecule has 3 heterocycles. The van der Waals surface area contributed by atoms with Gasteiger partial charge in [0.05, 0.1) is 25.8 Å². The van der Waals surface area contributed by atoms with Crippen LogP contribution in [0.3, 0.4) is 0 Å². The van der Waals surface area contributed by atoms with Crippen LogP contribution < -0.4 is 4.74 Å². The molecule has 1 aromatic heterocycles. The molecule has 3 aromatic rings. The molecule has 0 N–H and O–H groups in total. The van der Waals surface area contributed by atoms with Crippen LogP contribution in [0.4, 0.5) is 4.39 Å². The minimum absolute atomic E-state index is 0.0882. The van der Waals surface area contributed by atoms with Crippen molar-refractivity contribution in [3.05, 3.63) is 93.9 Å². The molecule has 2 aliphatic rings. The Balaban J connectivity index is 1.42. The van der Waals surface area contributed by atoms with Crippen LogP contribution in [0.15, 0.2) is 59.7 Å². The molecule has 0 saturated heterocycles. The van der Waals surface area contributed by atoms with Crippen LogP contribution in [0.25, 0.3) is 0 Å². The van der Waals surface area contributed by atoms with Gasteiger partial charge in [-0.1, -0.05) is 18.2 Å². The number of carbonyl (C=O) groups excluding carboxylic acids is 1. The van der Waals surface area contributed by atoms with E-state index in [1.807, 2.05) is 17.0 Å². The summed E-state index contributed by atoms with van der Waals surface area (Å²) in [5.74, 6) is 0.382. The first-order valence-corrected chi connectivity index (χ1v) is 9.83. The molecule has 150 valence electrons. The quantitative estimate of drug-likeness (QED) is 0.670. The van der Waals surface area contributed by atoms with Gasteiger partial charge in [-0.05, 0) is 46.5 Å². The second-order valence-corrected chi connectivity index (χ2v) is 7.59. The topological polar surface area (TPSA) is 54.8 Å². The minimum Gasteiger partial charge on any atom is -0.481 e. The van der Waals surface area contributed by atoms with E-state index in [1.165, 1.54) is 12.1 Å². The van der Waals surface area contributed by atoms with E-state index in [2.05, 4.69) is 17.1 Å². The van der Waals surface area contributed by atoms with E-state index >= 15 is 0 Å². The Morgan fingerprint density at radius 3 is 2.63 bits per heavy atom. The van der Waals surface area contributed by atoms with E-state index in [1.54, 1.807) is 25.4 Å². The zero-order chi connectivity index (χ0) is 20.7. The zero-order valence-electron chi connectivity index (χ0n) is 16.6. The normalized spacial score (nSPS) is 14.9. The zero-order valence-corrected chi connectivity index (χ0v) is 16.6. The summed E-state index contributed by atoms with van der Waals surface area (Å²) >= 11 is 0. The van der Waals surface area contributed by atoms with Crippen LogP contribution in [-0.4, -0.2) is 28.6 Å². The molecule has 0 spiro atoms. The van der Waals surface area contributed by atoms with Gasteiger partial charge in [-0.15, -0.1) is 0 Å². The number of benzene rings is 2. The molecule has 0 unspecified atom stereocenters. The van der Waals surface area contributed by atoms with Gasteiger partial charge in [-0.3, -0.25) is 9.79 Å². The van der Waals surface area contributed by atoms with Crippen molar-refractivity contribution in [1.29, 1.82) is 0 Å². The fourth-order valence-electron chi connectivity index (χ4n) is 4.06. The van der Waals surface area contributed by atoms with Crippen molar-refractivity contribution >= 4 is 11.6 Å². The third-order valence-electron chi connectivity index (χ3n) is 5.65. The number of pyridine rings is 1. The van der Waals surface area contributed by atoms with Gasteiger partial charge < -0.3 is 9.64 Å². The van der Waals surface area contributed by atoms with E-state index < -0.39 is 0 Å². The largest absolute Gasteiger partial charge is 0.481 e. The van der Waals surface area contributed by atoms with Crippen molar-refractivity contribution < 1.29 is 13.9 Å². The highest BCUT2D eigenvalue weighted by Gasteiger charge is 2.27. The molecular weight excluding hydrogens is 381 g/mol. The molecule has 30 heavy (non-hydrogen) atoms. The van der Waals surface area contributed by atoms with Crippen molar-refractivity contribution in [3.8, 4) is 5.88 Å². The minimum atomic E-state index is -0.274. The number of hydrogen-bond acceptors (Lipinski definition) is 4. The number of amides is 1. The van der Waals surface area contributed by atoms with Crippen LogP contribution in [0.5, 0.6) is 5.88 Å². The second kappa shape index (κ2) is 7.37. The first-order valence-electron chi connectivity index (χ1n) is 9.83. The molecule has 0 saturated carbocycles. The van der Waals surface area contributed by atoms with Crippen LogP contribution in [-0.2, 0) is 30.8 Å². The van der Waals surface area contributed by atoms with Gasteiger partial charge in [-0.25, -0.2) is 9.37 Å². The number of nitrogens with zero attached hydrogens (tertiary/aromatic N) is 3. The van der Waals surface area contributed by atoms with Crippen molar-refractivity contribution in [2.75, 3.05) is 7.11 Å². The number of carbonyl (C=O) groups is 1. The number of hydrogen-bond donors (Lipinski definition) is 0. The van der Waals surface area contributed by atoms with E-state index in [0.717, 1.165) is 39.1 Å². The molecule has 0 fully saturated rings. The van der Waals surface area contributed by atoms with E-state index in [4.69, 9.17) is 9.73 Å². The maximum atomic E-state index is 13.2. The molecule has 2 aliphatic heterocycles. The Labute approximate surface area is 173 Å². The maximum absolute atomic E-state index is 13.2. The van der Waals surface area contributed by atoms with Gasteiger partial charge in [0.1, 0.15) is 5.82 Å². The van der Waals surface area contributed by atoms with Crippen LogP contribution >= 0.6 is 0 Å². The molecule has 1 amide bonds. The van der Waals surface area contributed by atoms with Crippen molar-refractivity contribution in [2.24, 2.45) is 4.99 Å². The Morgan fingerprint density at radius 2 is 1.90 bits per heavy atom. The fourth-order valence-corrected chi connectivity index (χ4v) is 4.06. The van der Waals surface area contributed by atoms with Crippen molar-refractivity contribution in [2.45, 2.75) is 26.1 Å². The van der Waals surface area contributed by atoms with Gasteiger partial charge in [0.25, 0.3) is 0 Å². The highest BCUT2D eigenvalue weighted by atomic mass is 19.1. The predicted molar refractivity (Wildman–Crippen MR) is 111 cm³/mol. The Kier molecular flexibility index (Phi) is 4.54. The molecule has 5 nitrogen and oxygen atoms in total. The lowest BCUT2D eigenvalue weighted by Crippen LogP contribution is -2.35. The van der Waals surface area contributed by atoms with Gasteiger partial charge in [-0.2, -0.15) is 0 Å². The molecule has 5 rings (SSSR count). The Bertz CT molecular complexity index is 1150. The molecule has 0 bridgehead atoms. The SMILES string of the molecule is COc1ccc(C2=NCc3cc4c(cc32)CN(Cc2ccc(F)cc2)C(=O)C4)cn1. The second-order valence-electron chi connectivity index (χ2n) is 7.59. The van der Waals surface area contributed by atoms with Crippen molar-refractivity contribution in [3.63, 3.8) is 0 Å². The number of ether oxygens (including phenoxy) is 1. The third kappa shape index (κ3) is 3.34. The molecule has 0 aliphatic carbocycles. The summed E-state index contributed by atoms with van der Waals surface area (Å²) in [6.07, 6.45) is 2.15. The summed E-state index contributed by atoms with van der Waals surface area (Å²) in [5.41, 5.74) is 7.22. The Hall–Kier alpha value is -3.54. The predicted octanol–water partition coefficient (Wildman–Crippen LogP) is 3.67. The first-order chi connectivity index (χ1) is 14.6. The van der Waals surface area contributed by atoms with Crippen LogP contribution in [0, 0.1) is 5.82 Å². The number of fused-ring (bicyclic) bond motifs is 2. The van der Waals surface area contributed by atoms with Gasteiger partial charge in [0.2, 0.25) is 11.8 Å². The molecular formula is C24H20FN3O2. The van der Waals surface area contributed by atoms with E-state index in [-0.39, 0.29) is 11.7 Å². The average Bonchev–Trinajstić information content (AvgIpc) is 3.17. The summed E-state index contributed by atoms with van der Waals surface area (Å²) < 4.78 is 18.3. The monoisotopic (exact) mass is 401 g/mol. The molecule has 6 heteroatoms. The summed E-state index contributed by atoms with van der Waals surface area (Å²) in [7, 11) is 1.59. The summed E-state index contributed by atoms with van der Waals surface area (Å²) in [6.45, 7) is 1.61. The number of halogens is 1. The average molecular weight is 401 g/mol. The van der Waals surface area contributed by atoms with Crippen LogP contribution in [0.2, 0.25) is 0 Å². The lowest BCUT2D eigenvalue weighted by molar-refractivity contribution is -0.132. The third-order valence-corrected chi connectivity index (χ3v) is 5.65. The maximum Gasteiger partial charge on any atom is 0.227 e. The number of aliphatic imine (C=N–C) groups is 1. The number of rotatable bonds is 4. The standard InChI is InChI=1S/C24H20FN3O2/c1-30-22-7-4-16(11-26-22)24-21-9-19-14-28(13-15-2-5-20(25)6-3-15)23(29)10-17(19)8-18(21)12-27-24/h2-9,11H,10,12-14H2,1H3. The summed E-state index contributed by atoms with van der Waals surface area (Å²) in [4.78, 5) is 23.5. The number of methoxy groups -OCH3 is 1. The highest BCUT2D eigenvalue weighted by molar-refractivity contribution is 6.15. The van der Waals surface area contributed by atoms with Gasteiger partial charge in [0.15, 0.2) is 0 Å². The first kappa shape index (κ1) is 18.5. The van der Waals surface area contributed by atoms with Gasteiger partial charge in [0, 0.05) is 36.5 Å². The lowest BCUT2D eigenvalue weighted by atomic mass is 9.91. The Morgan fingerprint density at radius 1 is 1.07 bits per heavy atom. The lowest BCUT2D eigenvalue weighted by Gasteiger charge is -2.29. The van der Waals surface area contributed by atoms with E-state index in [9.17, 15) is 9.18 Å². The van der Waals surface area contributed by atoms with Crippen LogP contribution in [0.1, 0.15) is 33.4 Å². The van der Waals surface area contributed by atoms with Gasteiger partial charge >= 0.3 is 0 Å². The fraction of sp³-hybridized carbons (Fsp3) is 0.208. The van der Waals surface area contributed by atoms with Crippen molar-refractivity contribution in [1.82, 2.24) is 9.88 Å². The highest BCUT2D eigenvalue weighted by Crippen LogP contribution is 2.30. The molecule has 0 radical (unpaired) electrons. The molecule has 0 atom stereocenters. The molecule has 2 aromatic carbocycles.